The summed E-state index contributed by atoms with van der Waals surface area (Å²) in [6.45, 7) is 8.03. The van der Waals surface area contributed by atoms with E-state index in [1.165, 1.54) is 11.1 Å². The van der Waals surface area contributed by atoms with Crippen LogP contribution in [0.4, 0.5) is 5.82 Å². The van der Waals surface area contributed by atoms with E-state index in [2.05, 4.69) is 57.0 Å². The van der Waals surface area contributed by atoms with Gasteiger partial charge in [0.25, 0.3) is 0 Å². The molecule has 0 unspecified atom stereocenters. The predicted molar refractivity (Wildman–Crippen MR) is 131 cm³/mol. The minimum absolute atomic E-state index is 0.322. The standard InChI is InChI=1S/C24H27BrN4O2S/c1-17-4-6-20(7-5-17)16-23-18(2)26-19(3)27-24(23)28-12-14-29(15-13-28)32(30,31)22-10-8-21(25)9-11-22/h4-11H,12-16H2,1-3H3. The molecule has 1 aliphatic heterocycles. The summed E-state index contributed by atoms with van der Waals surface area (Å²) in [5.41, 5.74) is 4.51. The molecule has 0 N–H and O–H groups in total. The van der Waals surface area contributed by atoms with Gasteiger partial charge in [-0.3, -0.25) is 0 Å². The van der Waals surface area contributed by atoms with Gasteiger partial charge in [-0.15, -0.1) is 0 Å². The Labute approximate surface area is 198 Å². The summed E-state index contributed by atoms with van der Waals surface area (Å²) in [5.74, 6) is 1.64. The van der Waals surface area contributed by atoms with E-state index in [0.29, 0.717) is 31.1 Å². The number of halogens is 1. The van der Waals surface area contributed by atoms with Crippen LogP contribution in [-0.2, 0) is 16.4 Å². The number of aromatic nitrogens is 2. The van der Waals surface area contributed by atoms with Crippen LogP contribution < -0.4 is 4.90 Å². The van der Waals surface area contributed by atoms with Gasteiger partial charge in [-0.05, 0) is 50.6 Å². The van der Waals surface area contributed by atoms with Crippen LogP contribution in [-0.4, -0.2) is 48.9 Å². The average molecular weight is 515 g/mol. The molecule has 2 aromatic carbocycles. The minimum Gasteiger partial charge on any atom is -0.354 e. The lowest BCUT2D eigenvalue weighted by atomic mass is 10.0. The molecule has 1 aromatic heterocycles. The van der Waals surface area contributed by atoms with Gasteiger partial charge in [0, 0.05) is 48.3 Å². The van der Waals surface area contributed by atoms with E-state index in [1.54, 1.807) is 28.6 Å². The summed E-state index contributed by atoms with van der Waals surface area (Å²) >= 11 is 3.36. The maximum absolute atomic E-state index is 13.1. The molecule has 0 atom stereocenters. The second-order valence-corrected chi connectivity index (χ2v) is 11.0. The largest absolute Gasteiger partial charge is 0.354 e. The number of piperazine rings is 1. The molecule has 6 nitrogen and oxygen atoms in total. The molecule has 1 aliphatic rings. The number of rotatable bonds is 5. The van der Waals surface area contributed by atoms with Crippen LogP contribution in [0.1, 0.15) is 28.2 Å². The van der Waals surface area contributed by atoms with Crippen LogP contribution in [0.2, 0.25) is 0 Å². The number of nitrogens with zero attached hydrogens (tertiary/aromatic N) is 4. The molecule has 0 amide bonds. The highest BCUT2D eigenvalue weighted by Crippen LogP contribution is 2.27. The number of sulfonamides is 1. The topological polar surface area (TPSA) is 66.4 Å². The molecule has 3 aromatic rings. The first-order chi connectivity index (χ1) is 15.2. The minimum atomic E-state index is -3.51. The molecular formula is C24H27BrN4O2S. The second-order valence-electron chi connectivity index (χ2n) is 8.17. The maximum Gasteiger partial charge on any atom is 0.243 e. The summed E-state index contributed by atoms with van der Waals surface area (Å²) in [4.78, 5) is 11.9. The lowest BCUT2D eigenvalue weighted by Crippen LogP contribution is -2.49. The van der Waals surface area contributed by atoms with Gasteiger partial charge in [-0.25, -0.2) is 18.4 Å². The van der Waals surface area contributed by atoms with Crippen molar-refractivity contribution in [1.29, 1.82) is 0 Å². The van der Waals surface area contributed by atoms with E-state index in [9.17, 15) is 8.42 Å². The van der Waals surface area contributed by atoms with Crippen molar-refractivity contribution in [3.05, 3.63) is 81.2 Å². The molecule has 0 saturated carbocycles. The third kappa shape index (κ3) is 4.87. The van der Waals surface area contributed by atoms with Crippen molar-refractivity contribution in [3.63, 3.8) is 0 Å². The fourth-order valence-corrected chi connectivity index (χ4v) is 5.68. The molecule has 0 bridgehead atoms. The van der Waals surface area contributed by atoms with Crippen LogP contribution in [0, 0.1) is 20.8 Å². The zero-order chi connectivity index (χ0) is 22.9. The third-order valence-electron chi connectivity index (χ3n) is 5.79. The lowest BCUT2D eigenvalue weighted by Gasteiger charge is -2.36. The van der Waals surface area contributed by atoms with E-state index in [-0.39, 0.29) is 0 Å². The van der Waals surface area contributed by atoms with Crippen LogP contribution in [0.5, 0.6) is 0 Å². The summed E-state index contributed by atoms with van der Waals surface area (Å²) in [6, 6.07) is 15.3. The average Bonchev–Trinajstić information content (AvgIpc) is 2.77. The van der Waals surface area contributed by atoms with Crippen molar-refractivity contribution in [2.75, 3.05) is 31.1 Å². The van der Waals surface area contributed by atoms with E-state index in [1.807, 2.05) is 13.8 Å². The van der Waals surface area contributed by atoms with Gasteiger partial charge >= 0.3 is 0 Å². The predicted octanol–water partition coefficient (Wildman–Crippen LogP) is 4.27. The molecular weight excluding hydrogens is 488 g/mol. The normalized spacial score (nSPS) is 15.2. The first kappa shape index (κ1) is 22.9. The van der Waals surface area contributed by atoms with Crippen LogP contribution in [0.25, 0.3) is 0 Å². The van der Waals surface area contributed by atoms with Gasteiger partial charge in [-0.1, -0.05) is 45.8 Å². The first-order valence-corrected chi connectivity index (χ1v) is 12.9. The fourth-order valence-electron chi connectivity index (χ4n) is 3.99. The molecule has 2 heterocycles. The Morgan fingerprint density at radius 3 is 2.12 bits per heavy atom. The Morgan fingerprint density at radius 1 is 0.875 bits per heavy atom. The summed E-state index contributed by atoms with van der Waals surface area (Å²) in [7, 11) is -3.51. The van der Waals surface area contributed by atoms with E-state index < -0.39 is 10.0 Å². The van der Waals surface area contributed by atoms with Crippen LogP contribution >= 0.6 is 15.9 Å². The van der Waals surface area contributed by atoms with Gasteiger partial charge < -0.3 is 4.90 Å². The number of hydrogen-bond donors (Lipinski definition) is 0. The third-order valence-corrected chi connectivity index (χ3v) is 8.24. The van der Waals surface area contributed by atoms with Crippen molar-refractivity contribution in [2.45, 2.75) is 32.1 Å². The van der Waals surface area contributed by atoms with Gasteiger partial charge in [0.2, 0.25) is 10.0 Å². The van der Waals surface area contributed by atoms with Crippen molar-refractivity contribution in [1.82, 2.24) is 14.3 Å². The monoisotopic (exact) mass is 514 g/mol. The van der Waals surface area contributed by atoms with Crippen LogP contribution in [0.15, 0.2) is 57.9 Å². The van der Waals surface area contributed by atoms with Crippen molar-refractivity contribution < 1.29 is 8.42 Å². The Balaban J connectivity index is 1.55. The zero-order valence-electron chi connectivity index (χ0n) is 18.5. The van der Waals surface area contributed by atoms with Crippen molar-refractivity contribution >= 4 is 31.8 Å². The van der Waals surface area contributed by atoms with Crippen molar-refractivity contribution in [3.8, 4) is 0 Å². The Bertz CT molecular complexity index is 1200. The SMILES string of the molecule is Cc1ccc(Cc2c(C)nc(C)nc2N2CCN(S(=O)(=O)c3ccc(Br)cc3)CC2)cc1. The summed E-state index contributed by atoms with van der Waals surface area (Å²) in [5, 5.41) is 0. The fraction of sp³-hybridized carbons (Fsp3) is 0.333. The highest BCUT2D eigenvalue weighted by atomic mass is 79.9. The molecule has 8 heteroatoms. The van der Waals surface area contributed by atoms with Crippen LogP contribution in [0.3, 0.4) is 0 Å². The summed E-state index contributed by atoms with van der Waals surface area (Å²) in [6.07, 6.45) is 0.749. The van der Waals surface area contributed by atoms with Gasteiger partial charge in [0.05, 0.1) is 4.90 Å². The smallest absolute Gasteiger partial charge is 0.243 e. The molecule has 32 heavy (non-hydrogen) atoms. The lowest BCUT2D eigenvalue weighted by molar-refractivity contribution is 0.383. The van der Waals surface area contributed by atoms with Gasteiger partial charge in [-0.2, -0.15) is 4.31 Å². The van der Waals surface area contributed by atoms with E-state index >= 15 is 0 Å². The van der Waals surface area contributed by atoms with Gasteiger partial charge in [0.1, 0.15) is 11.6 Å². The highest BCUT2D eigenvalue weighted by molar-refractivity contribution is 9.10. The maximum atomic E-state index is 13.1. The van der Waals surface area contributed by atoms with E-state index in [4.69, 9.17) is 4.98 Å². The molecule has 1 saturated heterocycles. The molecule has 0 spiro atoms. The number of benzene rings is 2. The Morgan fingerprint density at radius 2 is 1.50 bits per heavy atom. The molecule has 0 aliphatic carbocycles. The zero-order valence-corrected chi connectivity index (χ0v) is 20.9. The summed E-state index contributed by atoms with van der Waals surface area (Å²) < 4.78 is 28.5. The molecule has 0 radical (unpaired) electrons. The Hall–Kier alpha value is -2.29. The molecule has 4 rings (SSSR count). The number of anilines is 1. The quantitative estimate of drug-likeness (QED) is 0.508. The van der Waals surface area contributed by atoms with E-state index in [0.717, 1.165) is 33.8 Å². The Kier molecular flexibility index (Phi) is 6.65. The number of hydrogen-bond acceptors (Lipinski definition) is 5. The van der Waals surface area contributed by atoms with Crippen molar-refractivity contribution in [2.24, 2.45) is 0 Å². The number of aryl methyl sites for hydroxylation is 3. The van der Waals surface area contributed by atoms with Gasteiger partial charge in [0.15, 0.2) is 0 Å². The highest BCUT2D eigenvalue weighted by Gasteiger charge is 2.30. The molecule has 1 fully saturated rings. The first-order valence-electron chi connectivity index (χ1n) is 10.6. The molecule has 168 valence electrons. The second kappa shape index (κ2) is 9.29.